The molecule has 2 heterocycles. The van der Waals surface area contributed by atoms with Gasteiger partial charge >= 0.3 is 0 Å². The van der Waals surface area contributed by atoms with Crippen LogP contribution < -0.4 is 10.1 Å². The third-order valence-corrected chi connectivity index (χ3v) is 4.45. The molecule has 2 rings (SSSR count). The van der Waals surface area contributed by atoms with E-state index in [2.05, 4.69) is 5.32 Å². The maximum atomic E-state index is 12.4. The van der Waals surface area contributed by atoms with Crippen LogP contribution in [0.2, 0.25) is 0 Å². The van der Waals surface area contributed by atoms with Crippen LogP contribution in [-0.2, 0) is 0 Å². The lowest BCUT2D eigenvalue weighted by molar-refractivity contribution is 0.0709. The molecule has 1 fully saturated rings. The Morgan fingerprint density at radius 3 is 2.72 bits per heavy atom. The van der Waals surface area contributed by atoms with E-state index in [0.29, 0.717) is 11.8 Å². The van der Waals surface area contributed by atoms with Crippen LogP contribution in [0, 0.1) is 6.92 Å². The van der Waals surface area contributed by atoms with Gasteiger partial charge in [-0.1, -0.05) is 0 Å². The highest BCUT2D eigenvalue weighted by Crippen LogP contribution is 2.30. The zero-order valence-electron chi connectivity index (χ0n) is 11.2. The Hall–Kier alpha value is -1.07. The molecular formula is C13H20N2O2S. The highest BCUT2D eigenvalue weighted by molar-refractivity contribution is 7.14. The third kappa shape index (κ3) is 2.67. The first-order chi connectivity index (χ1) is 8.65. The molecule has 5 heteroatoms. The Kier molecular flexibility index (Phi) is 4.24. The van der Waals surface area contributed by atoms with Crippen LogP contribution in [-0.4, -0.2) is 44.1 Å². The van der Waals surface area contributed by atoms with Crippen LogP contribution in [0.1, 0.15) is 27.4 Å². The minimum atomic E-state index is 0.111. The number of piperidine rings is 1. The molecule has 100 valence electrons. The van der Waals surface area contributed by atoms with Crippen LogP contribution in [0.25, 0.3) is 0 Å². The number of nitrogens with zero attached hydrogens (tertiary/aromatic N) is 1. The first kappa shape index (κ1) is 13.4. The second kappa shape index (κ2) is 5.71. The minimum Gasteiger partial charge on any atom is -0.495 e. The summed E-state index contributed by atoms with van der Waals surface area (Å²) in [6.45, 7) is 3.64. The quantitative estimate of drug-likeness (QED) is 0.910. The van der Waals surface area contributed by atoms with Crippen LogP contribution in [0.3, 0.4) is 0 Å². The van der Waals surface area contributed by atoms with Gasteiger partial charge in [-0.2, -0.15) is 0 Å². The van der Waals surface area contributed by atoms with Gasteiger partial charge in [0.2, 0.25) is 0 Å². The van der Waals surface area contributed by atoms with E-state index in [0.717, 1.165) is 35.7 Å². The summed E-state index contributed by atoms with van der Waals surface area (Å²) in [6, 6.07) is 2.47. The SMILES string of the molecule is CNC1CCN(C(=O)c2sc(C)cc2OC)CC1. The average Bonchev–Trinajstić information content (AvgIpc) is 2.79. The van der Waals surface area contributed by atoms with Crippen molar-refractivity contribution in [2.75, 3.05) is 27.2 Å². The summed E-state index contributed by atoms with van der Waals surface area (Å²) in [4.78, 5) is 16.2. The number of amides is 1. The molecule has 1 aliphatic rings. The lowest BCUT2D eigenvalue weighted by Gasteiger charge is -2.31. The molecule has 4 nitrogen and oxygen atoms in total. The van der Waals surface area contributed by atoms with Crippen LogP contribution in [0.4, 0.5) is 0 Å². The van der Waals surface area contributed by atoms with Crippen molar-refractivity contribution in [3.63, 3.8) is 0 Å². The van der Waals surface area contributed by atoms with Crippen molar-refractivity contribution in [1.82, 2.24) is 10.2 Å². The zero-order valence-corrected chi connectivity index (χ0v) is 12.0. The number of rotatable bonds is 3. The fourth-order valence-electron chi connectivity index (χ4n) is 2.31. The Labute approximate surface area is 112 Å². The van der Waals surface area contributed by atoms with Crippen LogP contribution in [0.5, 0.6) is 5.75 Å². The lowest BCUT2D eigenvalue weighted by Crippen LogP contribution is -2.43. The summed E-state index contributed by atoms with van der Waals surface area (Å²) in [5.74, 6) is 0.817. The van der Waals surface area contributed by atoms with E-state index in [1.165, 1.54) is 11.3 Å². The fraction of sp³-hybridized carbons (Fsp3) is 0.615. The third-order valence-electron chi connectivity index (χ3n) is 3.43. The van der Waals surface area contributed by atoms with Crippen LogP contribution in [0.15, 0.2) is 6.07 Å². The summed E-state index contributed by atoms with van der Waals surface area (Å²) in [5.41, 5.74) is 0. The molecule has 0 atom stereocenters. The molecule has 1 amide bonds. The molecule has 0 bridgehead atoms. The molecule has 1 saturated heterocycles. The number of aryl methyl sites for hydroxylation is 1. The number of hydrogen-bond acceptors (Lipinski definition) is 4. The number of carbonyl (C=O) groups excluding carboxylic acids is 1. The molecule has 1 N–H and O–H groups in total. The normalized spacial score (nSPS) is 16.9. The van der Waals surface area contributed by atoms with Crippen molar-refractivity contribution in [1.29, 1.82) is 0 Å². The van der Waals surface area contributed by atoms with Crippen molar-refractivity contribution in [2.45, 2.75) is 25.8 Å². The number of methoxy groups -OCH3 is 1. The monoisotopic (exact) mass is 268 g/mol. The van der Waals surface area contributed by atoms with E-state index in [1.54, 1.807) is 7.11 Å². The number of thiophene rings is 1. The fourth-order valence-corrected chi connectivity index (χ4v) is 3.25. The summed E-state index contributed by atoms with van der Waals surface area (Å²) >= 11 is 1.52. The smallest absolute Gasteiger partial charge is 0.267 e. The molecule has 0 aliphatic carbocycles. The lowest BCUT2D eigenvalue weighted by atomic mass is 10.1. The van der Waals surface area contributed by atoms with Gasteiger partial charge in [-0.15, -0.1) is 11.3 Å². The van der Waals surface area contributed by atoms with E-state index >= 15 is 0 Å². The van der Waals surface area contributed by atoms with Crippen molar-refractivity contribution >= 4 is 17.2 Å². The summed E-state index contributed by atoms with van der Waals surface area (Å²) in [5, 5.41) is 3.27. The molecule has 1 aromatic heterocycles. The van der Waals surface area contributed by atoms with Crippen LogP contribution >= 0.6 is 11.3 Å². The van der Waals surface area contributed by atoms with Crippen molar-refractivity contribution < 1.29 is 9.53 Å². The van der Waals surface area contributed by atoms with E-state index in [-0.39, 0.29) is 5.91 Å². The standard InChI is InChI=1S/C13H20N2O2S/c1-9-8-11(17-3)12(18-9)13(16)15-6-4-10(14-2)5-7-15/h8,10,14H,4-7H2,1-3H3. The molecular weight excluding hydrogens is 248 g/mol. The number of carbonyl (C=O) groups is 1. The Morgan fingerprint density at radius 1 is 1.50 bits per heavy atom. The molecule has 18 heavy (non-hydrogen) atoms. The van der Waals surface area contributed by atoms with E-state index in [9.17, 15) is 4.79 Å². The average molecular weight is 268 g/mol. The van der Waals surface area contributed by atoms with Crippen molar-refractivity contribution in [2.24, 2.45) is 0 Å². The second-order valence-corrected chi connectivity index (χ2v) is 5.87. The van der Waals surface area contributed by atoms with E-state index in [4.69, 9.17) is 4.74 Å². The van der Waals surface area contributed by atoms with E-state index in [1.807, 2.05) is 24.9 Å². The molecule has 0 aromatic carbocycles. The van der Waals surface area contributed by atoms with Gasteiger partial charge in [0.15, 0.2) is 0 Å². The molecule has 1 aliphatic heterocycles. The number of likely N-dealkylation sites (tertiary alicyclic amines) is 1. The number of hydrogen-bond donors (Lipinski definition) is 1. The maximum absolute atomic E-state index is 12.4. The Balaban J connectivity index is 2.07. The minimum absolute atomic E-state index is 0.111. The molecule has 0 saturated carbocycles. The largest absolute Gasteiger partial charge is 0.495 e. The zero-order chi connectivity index (χ0) is 13.1. The van der Waals surface area contributed by atoms with Gasteiger partial charge in [-0.3, -0.25) is 4.79 Å². The molecule has 0 spiro atoms. The summed E-state index contributed by atoms with van der Waals surface area (Å²) in [7, 11) is 3.60. The maximum Gasteiger partial charge on any atom is 0.267 e. The summed E-state index contributed by atoms with van der Waals surface area (Å²) < 4.78 is 5.27. The van der Waals surface area contributed by atoms with Gasteiger partial charge in [0, 0.05) is 24.0 Å². The second-order valence-electron chi connectivity index (χ2n) is 4.61. The van der Waals surface area contributed by atoms with Gasteiger partial charge in [0.1, 0.15) is 10.6 Å². The number of ether oxygens (including phenoxy) is 1. The molecule has 1 aromatic rings. The number of nitrogens with one attached hydrogen (secondary N) is 1. The van der Waals surface area contributed by atoms with Crippen molar-refractivity contribution in [3.05, 3.63) is 15.8 Å². The first-order valence-corrected chi connectivity index (χ1v) is 7.08. The first-order valence-electron chi connectivity index (χ1n) is 6.26. The van der Waals surface area contributed by atoms with Gasteiger partial charge in [0.05, 0.1) is 7.11 Å². The predicted octanol–water partition coefficient (Wildman–Crippen LogP) is 1.89. The van der Waals surface area contributed by atoms with Gasteiger partial charge in [-0.05, 0) is 32.9 Å². The Bertz CT molecular complexity index is 423. The highest BCUT2D eigenvalue weighted by Gasteiger charge is 2.26. The highest BCUT2D eigenvalue weighted by atomic mass is 32.1. The van der Waals surface area contributed by atoms with Gasteiger partial charge in [-0.25, -0.2) is 0 Å². The molecule has 0 radical (unpaired) electrons. The Morgan fingerprint density at radius 2 is 2.17 bits per heavy atom. The van der Waals surface area contributed by atoms with E-state index < -0.39 is 0 Å². The van der Waals surface area contributed by atoms with Gasteiger partial charge < -0.3 is 15.0 Å². The predicted molar refractivity (Wildman–Crippen MR) is 73.6 cm³/mol. The topological polar surface area (TPSA) is 41.6 Å². The molecule has 0 unspecified atom stereocenters. The van der Waals surface area contributed by atoms with Crippen molar-refractivity contribution in [3.8, 4) is 5.75 Å². The van der Waals surface area contributed by atoms with Gasteiger partial charge in [0.25, 0.3) is 5.91 Å². The summed E-state index contributed by atoms with van der Waals surface area (Å²) in [6.07, 6.45) is 2.05.